The highest BCUT2D eigenvalue weighted by Crippen LogP contribution is 2.19. The van der Waals surface area contributed by atoms with Gasteiger partial charge < -0.3 is 9.84 Å². The lowest BCUT2D eigenvalue weighted by molar-refractivity contribution is -0.120. The van der Waals surface area contributed by atoms with E-state index in [1.54, 1.807) is 6.07 Å². The molecular weight excluding hydrogens is 243 g/mol. The zero-order valence-electron chi connectivity index (χ0n) is 8.94. The maximum atomic E-state index is 12.9. The molecule has 17 heavy (non-hydrogen) atoms. The molecule has 0 radical (unpaired) electrons. The average Bonchev–Trinajstić information content (AvgIpc) is 2.69. The summed E-state index contributed by atoms with van der Waals surface area (Å²) in [5.41, 5.74) is 0.968. The summed E-state index contributed by atoms with van der Waals surface area (Å²) in [7, 11) is 0. The van der Waals surface area contributed by atoms with Gasteiger partial charge in [-0.3, -0.25) is 4.79 Å². The Morgan fingerprint density at radius 2 is 2.35 bits per heavy atom. The Morgan fingerprint density at radius 3 is 3.12 bits per heavy atom. The predicted octanol–water partition coefficient (Wildman–Crippen LogP) is 1.90. The van der Waals surface area contributed by atoms with Crippen LogP contribution in [0.15, 0.2) is 22.7 Å². The molecule has 0 bridgehead atoms. The fourth-order valence-electron chi connectivity index (χ4n) is 1.46. The van der Waals surface area contributed by atoms with Gasteiger partial charge in [-0.25, -0.2) is 4.39 Å². The maximum absolute atomic E-state index is 12.9. The molecule has 1 N–H and O–H groups in total. The van der Waals surface area contributed by atoms with Gasteiger partial charge in [0.25, 0.3) is 0 Å². The fraction of sp³-hybridized carbons (Fsp3) is 0.273. The first-order valence-corrected chi connectivity index (χ1v) is 5.75. The summed E-state index contributed by atoms with van der Waals surface area (Å²) < 4.78 is 17.9. The lowest BCUT2D eigenvalue weighted by atomic mass is 10.2. The van der Waals surface area contributed by atoms with Crippen molar-refractivity contribution in [2.75, 3.05) is 5.75 Å². The minimum Gasteiger partial charge on any atom is -0.356 e. The lowest BCUT2D eigenvalue weighted by Gasteiger charge is -2.00. The van der Waals surface area contributed by atoms with Crippen LogP contribution in [0, 0.1) is 5.82 Å². The van der Waals surface area contributed by atoms with Crippen LogP contribution in [0.3, 0.4) is 0 Å². The van der Waals surface area contributed by atoms with Crippen molar-refractivity contribution in [1.82, 2.24) is 10.5 Å². The van der Waals surface area contributed by atoms with Gasteiger partial charge in [0.15, 0.2) is 5.58 Å². The Kier molecular flexibility index (Phi) is 3.63. The molecule has 6 heteroatoms. The normalized spacial score (nSPS) is 10.7. The quantitative estimate of drug-likeness (QED) is 0.819. The van der Waals surface area contributed by atoms with Crippen molar-refractivity contribution >= 4 is 29.5 Å². The second kappa shape index (κ2) is 5.18. The van der Waals surface area contributed by atoms with Crippen molar-refractivity contribution in [2.45, 2.75) is 13.0 Å². The number of benzene rings is 1. The average molecular weight is 254 g/mol. The second-order valence-electron chi connectivity index (χ2n) is 3.52. The summed E-state index contributed by atoms with van der Waals surface area (Å²) in [6.45, 7) is 0.269. The van der Waals surface area contributed by atoms with Gasteiger partial charge in [-0.15, -0.1) is 0 Å². The molecule has 0 saturated heterocycles. The Bertz CT molecular complexity index is 541. The van der Waals surface area contributed by atoms with Crippen LogP contribution in [0.2, 0.25) is 0 Å². The van der Waals surface area contributed by atoms with E-state index in [9.17, 15) is 9.18 Å². The highest BCUT2D eigenvalue weighted by atomic mass is 32.1. The molecule has 0 aliphatic heterocycles. The van der Waals surface area contributed by atoms with Crippen LogP contribution in [0.5, 0.6) is 0 Å². The highest BCUT2D eigenvalue weighted by Gasteiger charge is 2.09. The van der Waals surface area contributed by atoms with E-state index < -0.39 is 0 Å². The van der Waals surface area contributed by atoms with Crippen LogP contribution in [0.4, 0.5) is 4.39 Å². The number of halogens is 1. The van der Waals surface area contributed by atoms with Crippen LogP contribution >= 0.6 is 12.6 Å². The van der Waals surface area contributed by atoms with E-state index in [-0.39, 0.29) is 18.3 Å². The second-order valence-corrected chi connectivity index (χ2v) is 3.97. The van der Waals surface area contributed by atoms with Crippen molar-refractivity contribution in [2.24, 2.45) is 0 Å². The van der Waals surface area contributed by atoms with Crippen molar-refractivity contribution in [3.05, 3.63) is 29.7 Å². The van der Waals surface area contributed by atoms with Crippen LogP contribution in [0.25, 0.3) is 11.0 Å². The molecule has 1 amide bonds. The van der Waals surface area contributed by atoms with Crippen molar-refractivity contribution in [1.29, 1.82) is 0 Å². The van der Waals surface area contributed by atoms with Crippen molar-refractivity contribution < 1.29 is 13.7 Å². The molecule has 2 rings (SSSR count). The number of amides is 1. The molecule has 0 aliphatic carbocycles. The van der Waals surface area contributed by atoms with Gasteiger partial charge in [0.05, 0.1) is 6.54 Å². The number of thiol groups is 1. The molecule has 0 aliphatic rings. The molecule has 1 aromatic heterocycles. The predicted molar refractivity (Wildman–Crippen MR) is 64.3 cm³/mol. The standard InChI is InChI=1S/C11H11FN2O2S/c12-7-1-2-8-9(14-16-10(8)5-7)6-13-11(15)3-4-17/h1-2,5,17H,3-4,6H2,(H,13,15). The number of carbonyl (C=O) groups excluding carboxylic acids is 1. The van der Waals surface area contributed by atoms with Crippen molar-refractivity contribution in [3.8, 4) is 0 Å². The minimum absolute atomic E-state index is 0.0988. The van der Waals surface area contributed by atoms with Crippen molar-refractivity contribution in [3.63, 3.8) is 0 Å². The van der Waals surface area contributed by atoms with E-state index in [4.69, 9.17) is 4.52 Å². The number of rotatable bonds is 4. The Labute approximate surface area is 103 Å². The monoisotopic (exact) mass is 254 g/mol. The third kappa shape index (κ3) is 2.76. The van der Waals surface area contributed by atoms with Gasteiger partial charge >= 0.3 is 0 Å². The number of hydrogen-bond donors (Lipinski definition) is 2. The molecule has 0 spiro atoms. The summed E-state index contributed by atoms with van der Waals surface area (Å²) in [5, 5.41) is 7.19. The van der Waals surface area contributed by atoms with E-state index >= 15 is 0 Å². The van der Waals surface area contributed by atoms with Crippen LogP contribution in [0.1, 0.15) is 12.1 Å². The summed E-state index contributed by atoms with van der Waals surface area (Å²) in [4.78, 5) is 11.3. The van der Waals surface area contributed by atoms with E-state index in [2.05, 4.69) is 23.1 Å². The third-order valence-electron chi connectivity index (χ3n) is 2.30. The molecule has 1 aromatic carbocycles. The van der Waals surface area contributed by atoms with Crippen LogP contribution < -0.4 is 5.32 Å². The molecule has 4 nitrogen and oxygen atoms in total. The number of fused-ring (bicyclic) bond motifs is 1. The molecule has 2 aromatic rings. The first kappa shape index (κ1) is 11.9. The lowest BCUT2D eigenvalue weighted by Crippen LogP contribution is -2.22. The van der Waals surface area contributed by atoms with Crippen LogP contribution in [-0.4, -0.2) is 16.8 Å². The SMILES string of the molecule is O=C(CCS)NCc1noc2cc(F)ccc12. The van der Waals surface area contributed by atoms with Gasteiger partial charge in [-0.2, -0.15) is 12.6 Å². The first-order chi connectivity index (χ1) is 8.20. The number of nitrogens with one attached hydrogen (secondary N) is 1. The van der Waals surface area contributed by atoms with E-state index in [1.165, 1.54) is 12.1 Å². The van der Waals surface area contributed by atoms with Gasteiger partial charge in [-0.05, 0) is 17.9 Å². The summed E-state index contributed by atoms with van der Waals surface area (Å²) in [6.07, 6.45) is 0.355. The first-order valence-electron chi connectivity index (χ1n) is 5.12. The zero-order chi connectivity index (χ0) is 12.3. The van der Waals surface area contributed by atoms with Gasteiger partial charge in [0.2, 0.25) is 5.91 Å². The molecule has 1 heterocycles. The molecule has 0 saturated carbocycles. The Morgan fingerprint density at radius 1 is 1.53 bits per heavy atom. The zero-order valence-corrected chi connectivity index (χ0v) is 9.84. The van der Waals surface area contributed by atoms with Gasteiger partial charge in [-0.1, -0.05) is 5.16 Å². The Balaban J connectivity index is 2.11. The van der Waals surface area contributed by atoms with E-state index in [1.807, 2.05) is 0 Å². The van der Waals surface area contributed by atoms with Gasteiger partial charge in [0.1, 0.15) is 11.5 Å². The molecule has 0 atom stereocenters. The smallest absolute Gasteiger partial charge is 0.221 e. The van der Waals surface area contributed by atoms with Gasteiger partial charge in [0, 0.05) is 17.9 Å². The maximum Gasteiger partial charge on any atom is 0.221 e. The highest BCUT2D eigenvalue weighted by molar-refractivity contribution is 7.80. The van der Waals surface area contributed by atoms with E-state index in [0.717, 1.165) is 0 Å². The summed E-state index contributed by atoms with van der Waals surface area (Å²) in [6, 6.07) is 4.18. The third-order valence-corrected chi connectivity index (χ3v) is 2.52. The number of nitrogens with zero attached hydrogens (tertiary/aromatic N) is 1. The molecular formula is C11H11FN2O2S. The molecule has 0 fully saturated rings. The number of hydrogen-bond acceptors (Lipinski definition) is 4. The largest absolute Gasteiger partial charge is 0.356 e. The van der Waals surface area contributed by atoms with Crippen LogP contribution in [-0.2, 0) is 11.3 Å². The number of aromatic nitrogens is 1. The number of carbonyl (C=O) groups is 1. The molecule has 90 valence electrons. The Hall–Kier alpha value is -1.56. The fourth-order valence-corrected chi connectivity index (χ4v) is 1.67. The topological polar surface area (TPSA) is 55.1 Å². The summed E-state index contributed by atoms with van der Waals surface area (Å²) >= 11 is 3.96. The minimum atomic E-state index is -0.376. The van der Waals surface area contributed by atoms with E-state index in [0.29, 0.717) is 28.8 Å². The summed E-state index contributed by atoms with van der Waals surface area (Å²) in [5.74, 6) is 0.0222. The molecule has 0 unspecified atom stereocenters.